The monoisotopic (exact) mass is 337 g/mol. The highest BCUT2D eigenvalue weighted by atomic mass is 16.5. The number of urea groups is 1. The zero-order chi connectivity index (χ0) is 17.3. The van der Waals surface area contributed by atoms with E-state index in [9.17, 15) is 4.79 Å². The quantitative estimate of drug-likeness (QED) is 0.689. The number of furan rings is 1. The molecule has 0 aliphatic rings. The molecule has 0 radical (unpaired) electrons. The van der Waals surface area contributed by atoms with Gasteiger partial charge in [0.2, 0.25) is 0 Å². The number of pyridine rings is 1. The molecule has 0 atom stereocenters. The molecule has 0 saturated carbocycles. The summed E-state index contributed by atoms with van der Waals surface area (Å²) in [5, 5.41) is 5.61. The van der Waals surface area contributed by atoms with E-state index < -0.39 is 0 Å². The van der Waals surface area contributed by atoms with Crippen LogP contribution in [0.3, 0.4) is 0 Å². The summed E-state index contributed by atoms with van der Waals surface area (Å²) in [7, 11) is 0. The van der Waals surface area contributed by atoms with Crippen molar-refractivity contribution in [1.29, 1.82) is 0 Å². The highest BCUT2D eigenvalue weighted by molar-refractivity contribution is 5.89. The fourth-order valence-electron chi connectivity index (χ4n) is 2.26. The molecule has 0 aliphatic carbocycles. The van der Waals surface area contributed by atoms with Crippen LogP contribution in [-0.4, -0.2) is 11.0 Å². The van der Waals surface area contributed by atoms with Gasteiger partial charge in [-0.3, -0.25) is 4.98 Å². The second-order valence-electron chi connectivity index (χ2n) is 5.44. The topological polar surface area (TPSA) is 76.4 Å². The Labute approximate surface area is 145 Å². The molecule has 0 aliphatic heterocycles. The van der Waals surface area contributed by atoms with Crippen LogP contribution in [0.2, 0.25) is 0 Å². The number of nitrogens with one attached hydrogen (secondary N) is 2. The summed E-state index contributed by atoms with van der Waals surface area (Å²) in [6, 6.07) is 14.7. The SMILES string of the molecule is O=C(NCc1cccnc1)Nc1cccc(COCc2ccco2)c1. The molecule has 2 aromatic heterocycles. The van der Waals surface area contributed by atoms with E-state index >= 15 is 0 Å². The lowest BCUT2D eigenvalue weighted by Crippen LogP contribution is -2.28. The Balaban J connectivity index is 1.46. The molecular weight excluding hydrogens is 318 g/mol. The minimum Gasteiger partial charge on any atom is -0.467 e. The van der Waals surface area contributed by atoms with Gasteiger partial charge in [-0.15, -0.1) is 0 Å². The van der Waals surface area contributed by atoms with Crippen molar-refractivity contribution in [3.63, 3.8) is 0 Å². The number of hydrogen-bond donors (Lipinski definition) is 2. The summed E-state index contributed by atoms with van der Waals surface area (Å²) in [6.45, 7) is 1.27. The molecule has 3 rings (SSSR count). The first-order chi connectivity index (χ1) is 12.3. The van der Waals surface area contributed by atoms with Crippen molar-refractivity contribution < 1.29 is 13.9 Å². The molecule has 0 fully saturated rings. The van der Waals surface area contributed by atoms with E-state index in [0.717, 1.165) is 16.9 Å². The highest BCUT2D eigenvalue weighted by Gasteiger charge is 2.03. The van der Waals surface area contributed by atoms with Crippen molar-refractivity contribution >= 4 is 11.7 Å². The third kappa shape index (κ3) is 5.47. The number of hydrogen-bond acceptors (Lipinski definition) is 4. The van der Waals surface area contributed by atoms with Crippen molar-refractivity contribution in [2.45, 2.75) is 19.8 Å². The minimum atomic E-state index is -0.266. The van der Waals surface area contributed by atoms with Crippen molar-refractivity contribution in [1.82, 2.24) is 10.3 Å². The van der Waals surface area contributed by atoms with Gasteiger partial charge in [-0.25, -0.2) is 4.79 Å². The molecule has 0 bridgehead atoms. The Kier molecular flexibility index (Phi) is 5.79. The fraction of sp³-hybridized carbons (Fsp3) is 0.158. The second kappa shape index (κ2) is 8.65. The van der Waals surface area contributed by atoms with Crippen LogP contribution < -0.4 is 10.6 Å². The number of aromatic nitrogens is 1. The summed E-state index contributed by atoms with van der Waals surface area (Å²) < 4.78 is 10.8. The van der Waals surface area contributed by atoms with Crippen LogP contribution >= 0.6 is 0 Å². The van der Waals surface area contributed by atoms with Gasteiger partial charge in [0, 0.05) is 24.6 Å². The first-order valence-electron chi connectivity index (χ1n) is 7.92. The van der Waals surface area contributed by atoms with Crippen LogP contribution in [0.4, 0.5) is 10.5 Å². The van der Waals surface area contributed by atoms with Crippen LogP contribution in [0, 0.1) is 0 Å². The van der Waals surface area contributed by atoms with E-state index in [2.05, 4.69) is 15.6 Å². The largest absolute Gasteiger partial charge is 0.467 e. The Morgan fingerprint density at radius 1 is 1.08 bits per heavy atom. The summed E-state index contributed by atoms with van der Waals surface area (Å²) in [5.74, 6) is 0.782. The molecular formula is C19H19N3O3. The van der Waals surface area contributed by atoms with Crippen molar-refractivity contribution in [2.24, 2.45) is 0 Å². The number of benzene rings is 1. The van der Waals surface area contributed by atoms with Crippen molar-refractivity contribution in [3.05, 3.63) is 84.1 Å². The Morgan fingerprint density at radius 3 is 2.80 bits per heavy atom. The first-order valence-corrected chi connectivity index (χ1v) is 7.92. The van der Waals surface area contributed by atoms with E-state index in [1.54, 1.807) is 18.7 Å². The van der Waals surface area contributed by atoms with E-state index in [0.29, 0.717) is 25.4 Å². The molecule has 2 heterocycles. The van der Waals surface area contributed by atoms with Crippen LogP contribution in [0.5, 0.6) is 0 Å². The zero-order valence-corrected chi connectivity index (χ0v) is 13.6. The lowest BCUT2D eigenvalue weighted by molar-refractivity contribution is 0.0930. The van der Waals surface area contributed by atoms with Gasteiger partial charge in [-0.2, -0.15) is 0 Å². The normalized spacial score (nSPS) is 10.4. The van der Waals surface area contributed by atoms with Gasteiger partial charge in [0.25, 0.3) is 0 Å². The summed E-state index contributed by atoms with van der Waals surface area (Å²) in [4.78, 5) is 16.0. The smallest absolute Gasteiger partial charge is 0.319 e. The maximum absolute atomic E-state index is 12.0. The number of ether oxygens (including phenoxy) is 1. The van der Waals surface area contributed by atoms with Gasteiger partial charge < -0.3 is 19.8 Å². The molecule has 2 N–H and O–H groups in total. The lowest BCUT2D eigenvalue weighted by Gasteiger charge is -2.09. The summed E-state index contributed by atoms with van der Waals surface area (Å²) >= 11 is 0. The summed E-state index contributed by atoms with van der Waals surface area (Å²) in [5.41, 5.74) is 2.62. The zero-order valence-electron chi connectivity index (χ0n) is 13.6. The van der Waals surface area contributed by atoms with Crippen LogP contribution in [-0.2, 0) is 24.5 Å². The second-order valence-corrected chi connectivity index (χ2v) is 5.44. The van der Waals surface area contributed by atoms with Gasteiger partial charge in [0.1, 0.15) is 12.4 Å². The number of carbonyl (C=O) groups excluding carboxylic acids is 1. The standard InChI is InChI=1S/C19H19N3O3/c23-19(21-12-16-5-2-8-20-11-16)22-17-6-1-4-15(10-17)13-24-14-18-7-3-9-25-18/h1-11H,12-14H2,(H2,21,22,23). The first kappa shape index (κ1) is 16.7. The average Bonchev–Trinajstić information content (AvgIpc) is 3.15. The number of rotatable bonds is 7. The highest BCUT2D eigenvalue weighted by Crippen LogP contribution is 2.13. The van der Waals surface area contributed by atoms with Crippen LogP contribution in [0.15, 0.2) is 71.6 Å². The predicted molar refractivity (Wildman–Crippen MR) is 93.7 cm³/mol. The number of anilines is 1. The number of nitrogens with zero attached hydrogens (tertiary/aromatic N) is 1. The molecule has 0 spiro atoms. The molecule has 6 heteroatoms. The third-order valence-electron chi connectivity index (χ3n) is 3.45. The summed E-state index contributed by atoms with van der Waals surface area (Å²) in [6.07, 6.45) is 5.04. The third-order valence-corrected chi connectivity index (χ3v) is 3.45. The Morgan fingerprint density at radius 2 is 2.00 bits per heavy atom. The van der Waals surface area contributed by atoms with Gasteiger partial charge in [0.05, 0.1) is 12.9 Å². The lowest BCUT2D eigenvalue weighted by atomic mass is 10.2. The molecule has 128 valence electrons. The van der Waals surface area contributed by atoms with Crippen molar-refractivity contribution in [2.75, 3.05) is 5.32 Å². The average molecular weight is 337 g/mol. The number of carbonyl (C=O) groups is 1. The maximum atomic E-state index is 12.0. The molecule has 25 heavy (non-hydrogen) atoms. The Bertz CT molecular complexity index is 789. The van der Waals surface area contributed by atoms with Crippen molar-refractivity contribution in [3.8, 4) is 0 Å². The fourth-order valence-corrected chi connectivity index (χ4v) is 2.26. The molecule has 3 aromatic rings. The molecule has 0 unspecified atom stereocenters. The maximum Gasteiger partial charge on any atom is 0.319 e. The Hall–Kier alpha value is -3.12. The molecule has 0 saturated heterocycles. The van der Waals surface area contributed by atoms with Crippen LogP contribution in [0.25, 0.3) is 0 Å². The molecule has 2 amide bonds. The van der Waals surface area contributed by atoms with E-state index in [1.165, 1.54) is 0 Å². The van der Waals surface area contributed by atoms with E-state index in [4.69, 9.17) is 9.15 Å². The van der Waals surface area contributed by atoms with Gasteiger partial charge in [-0.1, -0.05) is 18.2 Å². The van der Waals surface area contributed by atoms with Crippen LogP contribution in [0.1, 0.15) is 16.9 Å². The minimum absolute atomic E-state index is 0.266. The van der Waals surface area contributed by atoms with E-state index in [1.807, 2.05) is 48.5 Å². The van der Waals surface area contributed by atoms with Gasteiger partial charge >= 0.3 is 6.03 Å². The van der Waals surface area contributed by atoms with Gasteiger partial charge in [-0.05, 0) is 41.5 Å². The molecule has 1 aromatic carbocycles. The van der Waals surface area contributed by atoms with E-state index in [-0.39, 0.29) is 6.03 Å². The predicted octanol–water partition coefficient (Wildman–Crippen LogP) is 3.71. The molecule has 6 nitrogen and oxygen atoms in total. The van der Waals surface area contributed by atoms with Gasteiger partial charge in [0.15, 0.2) is 0 Å². The number of amides is 2.